The number of aryl methyl sites for hydroxylation is 1. The third kappa shape index (κ3) is 3.41. The molecule has 17 heavy (non-hydrogen) atoms. The minimum Gasteiger partial charge on any atom is -0.334 e. The first kappa shape index (κ1) is 11.8. The Morgan fingerprint density at radius 2 is 1.82 bits per heavy atom. The van der Waals surface area contributed by atoms with Gasteiger partial charge >= 0.3 is 0 Å². The van der Waals surface area contributed by atoms with Gasteiger partial charge in [0.2, 0.25) is 0 Å². The van der Waals surface area contributed by atoms with Gasteiger partial charge < -0.3 is 4.52 Å². The number of aromatic nitrogens is 2. The van der Waals surface area contributed by atoms with Crippen molar-refractivity contribution in [2.45, 2.75) is 33.6 Å². The molecule has 0 spiro atoms. The molecule has 0 bridgehead atoms. The molecule has 1 aromatic heterocycles. The average Bonchev–Trinajstić information content (AvgIpc) is 2.75. The molecule has 0 aliphatic heterocycles. The lowest BCUT2D eigenvalue weighted by molar-refractivity contribution is 0.366. The molecule has 1 aromatic carbocycles. The van der Waals surface area contributed by atoms with Crippen LogP contribution in [0.4, 0.5) is 0 Å². The lowest BCUT2D eigenvalue weighted by atomic mass is 9.90. The summed E-state index contributed by atoms with van der Waals surface area (Å²) in [6.07, 6.45) is 1.92. The topological polar surface area (TPSA) is 38.9 Å². The van der Waals surface area contributed by atoms with Crippen molar-refractivity contribution in [1.82, 2.24) is 10.1 Å². The fourth-order valence-electron chi connectivity index (χ4n) is 1.54. The minimum atomic E-state index is 0.299. The molecule has 0 atom stereocenters. The van der Waals surface area contributed by atoms with Gasteiger partial charge in [-0.3, -0.25) is 0 Å². The second kappa shape index (κ2) is 4.70. The van der Waals surface area contributed by atoms with Crippen LogP contribution < -0.4 is 0 Å². The highest BCUT2D eigenvalue weighted by Crippen LogP contribution is 2.22. The maximum Gasteiger partial charge on any atom is 0.257 e. The maximum absolute atomic E-state index is 5.25. The molecular weight excluding hydrogens is 212 g/mol. The lowest BCUT2D eigenvalue weighted by Crippen LogP contribution is -2.06. The lowest BCUT2D eigenvalue weighted by Gasteiger charge is -2.15. The molecular formula is C14H18N2O. The molecule has 0 radical (unpaired) electrons. The summed E-state index contributed by atoms with van der Waals surface area (Å²) in [7, 11) is 0. The van der Waals surface area contributed by atoms with E-state index in [0.29, 0.717) is 11.3 Å². The van der Waals surface area contributed by atoms with Gasteiger partial charge in [-0.05, 0) is 24.0 Å². The summed E-state index contributed by atoms with van der Waals surface area (Å²) in [6, 6.07) is 9.85. The average molecular weight is 230 g/mol. The van der Waals surface area contributed by atoms with E-state index in [0.717, 1.165) is 24.2 Å². The van der Waals surface area contributed by atoms with Gasteiger partial charge in [0.15, 0.2) is 5.82 Å². The SMILES string of the molecule is CC(C)(C)CCc1noc(-c2ccccc2)n1. The largest absolute Gasteiger partial charge is 0.334 e. The van der Waals surface area contributed by atoms with Crippen LogP contribution in [0.15, 0.2) is 34.9 Å². The standard InChI is InChI=1S/C14H18N2O/c1-14(2,3)10-9-12-15-13(17-16-12)11-7-5-4-6-8-11/h4-8H,9-10H2,1-3H3. The van der Waals surface area contributed by atoms with Crippen LogP contribution in [0.3, 0.4) is 0 Å². The van der Waals surface area contributed by atoms with E-state index in [4.69, 9.17) is 4.52 Å². The highest BCUT2D eigenvalue weighted by molar-refractivity contribution is 5.51. The Kier molecular flexibility index (Phi) is 3.27. The van der Waals surface area contributed by atoms with E-state index in [1.54, 1.807) is 0 Å². The minimum absolute atomic E-state index is 0.299. The first-order chi connectivity index (χ1) is 8.04. The summed E-state index contributed by atoms with van der Waals surface area (Å²) < 4.78 is 5.25. The zero-order valence-corrected chi connectivity index (χ0v) is 10.6. The molecule has 90 valence electrons. The molecule has 2 rings (SSSR count). The van der Waals surface area contributed by atoms with E-state index in [1.807, 2.05) is 30.3 Å². The third-order valence-electron chi connectivity index (χ3n) is 2.59. The predicted octanol–water partition coefficient (Wildman–Crippen LogP) is 3.72. The number of hydrogen-bond donors (Lipinski definition) is 0. The van der Waals surface area contributed by atoms with Crippen LogP contribution in [-0.4, -0.2) is 10.1 Å². The van der Waals surface area contributed by atoms with Crippen LogP contribution in [0, 0.1) is 5.41 Å². The van der Waals surface area contributed by atoms with E-state index in [1.165, 1.54) is 0 Å². The first-order valence-corrected chi connectivity index (χ1v) is 5.93. The molecule has 0 saturated heterocycles. The molecule has 3 heteroatoms. The second-order valence-corrected chi connectivity index (χ2v) is 5.44. The van der Waals surface area contributed by atoms with E-state index in [-0.39, 0.29) is 0 Å². The maximum atomic E-state index is 5.25. The monoisotopic (exact) mass is 230 g/mol. The van der Waals surface area contributed by atoms with Crippen LogP contribution in [0.2, 0.25) is 0 Å². The van der Waals surface area contributed by atoms with Crippen LogP contribution in [0.5, 0.6) is 0 Å². The van der Waals surface area contributed by atoms with E-state index < -0.39 is 0 Å². The zero-order chi connectivity index (χ0) is 12.3. The fourth-order valence-corrected chi connectivity index (χ4v) is 1.54. The van der Waals surface area contributed by atoms with Gasteiger partial charge in [-0.15, -0.1) is 0 Å². The van der Waals surface area contributed by atoms with Crippen LogP contribution in [0.25, 0.3) is 11.5 Å². The Balaban J connectivity index is 2.07. The van der Waals surface area contributed by atoms with Crippen molar-refractivity contribution in [1.29, 1.82) is 0 Å². The number of nitrogens with zero attached hydrogens (tertiary/aromatic N) is 2. The van der Waals surface area contributed by atoms with E-state index in [2.05, 4.69) is 30.9 Å². The zero-order valence-electron chi connectivity index (χ0n) is 10.6. The van der Waals surface area contributed by atoms with E-state index >= 15 is 0 Å². The molecule has 0 fully saturated rings. The number of rotatable bonds is 3. The van der Waals surface area contributed by atoms with Gasteiger partial charge in [0.05, 0.1) is 0 Å². The normalized spacial score (nSPS) is 11.7. The van der Waals surface area contributed by atoms with Gasteiger partial charge in [-0.25, -0.2) is 0 Å². The summed E-state index contributed by atoms with van der Waals surface area (Å²) in [5.41, 5.74) is 1.27. The predicted molar refractivity (Wildman–Crippen MR) is 67.5 cm³/mol. The van der Waals surface area contributed by atoms with Crippen molar-refractivity contribution in [2.24, 2.45) is 5.41 Å². The van der Waals surface area contributed by atoms with E-state index in [9.17, 15) is 0 Å². The van der Waals surface area contributed by atoms with Crippen LogP contribution in [0.1, 0.15) is 33.0 Å². The Morgan fingerprint density at radius 1 is 1.12 bits per heavy atom. The Morgan fingerprint density at radius 3 is 2.47 bits per heavy atom. The molecule has 0 saturated carbocycles. The summed E-state index contributed by atoms with van der Waals surface area (Å²) in [6.45, 7) is 6.64. The molecule has 0 aliphatic carbocycles. The summed E-state index contributed by atoms with van der Waals surface area (Å²) >= 11 is 0. The van der Waals surface area contributed by atoms with Crippen molar-refractivity contribution in [3.63, 3.8) is 0 Å². The van der Waals surface area contributed by atoms with Crippen molar-refractivity contribution < 1.29 is 4.52 Å². The van der Waals surface area contributed by atoms with Gasteiger partial charge in [0.1, 0.15) is 0 Å². The molecule has 3 nitrogen and oxygen atoms in total. The van der Waals surface area contributed by atoms with Gasteiger partial charge in [-0.2, -0.15) is 4.98 Å². The van der Waals surface area contributed by atoms with Gasteiger partial charge in [0.25, 0.3) is 5.89 Å². The highest BCUT2D eigenvalue weighted by atomic mass is 16.5. The fraction of sp³-hybridized carbons (Fsp3) is 0.429. The number of benzene rings is 1. The summed E-state index contributed by atoms with van der Waals surface area (Å²) in [5, 5.41) is 4.01. The summed E-state index contributed by atoms with van der Waals surface area (Å²) in [4.78, 5) is 4.41. The third-order valence-corrected chi connectivity index (χ3v) is 2.59. The Labute approximate surface area is 102 Å². The van der Waals surface area contributed by atoms with Crippen molar-refractivity contribution >= 4 is 0 Å². The molecule has 2 aromatic rings. The van der Waals surface area contributed by atoms with Gasteiger partial charge in [-0.1, -0.05) is 44.1 Å². The molecule has 0 N–H and O–H groups in total. The van der Waals surface area contributed by atoms with Gasteiger partial charge in [0, 0.05) is 12.0 Å². The van der Waals surface area contributed by atoms with Crippen LogP contribution in [-0.2, 0) is 6.42 Å². The number of hydrogen-bond acceptors (Lipinski definition) is 3. The van der Waals surface area contributed by atoms with Crippen molar-refractivity contribution in [2.75, 3.05) is 0 Å². The molecule has 0 amide bonds. The quantitative estimate of drug-likeness (QED) is 0.806. The molecule has 0 aliphatic rings. The van der Waals surface area contributed by atoms with Crippen molar-refractivity contribution in [3.05, 3.63) is 36.2 Å². The summed E-state index contributed by atoms with van der Waals surface area (Å²) in [5.74, 6) is 1.40. The second-order valence-electron chi connectivity index (χ2n) is 5.44. The Hall–Kier alpha value is -1.64. The molecule has 1 heterocycles. The smallest absolute Gasteiger partial charge is 0.257 e. The van der Waals surface area contributed by atoms with Crippen LogP contribution >= 0.6 is 0 Å². The highest BCUT2D eigenvalue weighted by Gasteiger charge is 2.13. The first-order valence-electron chi connectivity index (χ1n) is 5.93. The van der Waals surface area contributed by atoms with Crippen molar-refractivity contribution in [3.8, 4) is 11.5 Å². The Bertz CT molecular complexity index is 468. The molecule has 0 unspecified atom stereocenters.